The van der Waals surface area contributed by atoms with E-state index >= 15 is 0 Å². The molecule has 0 amide bonds. The summed E-state index contributed by atoms with van der Waals surface area (Å²) in [4.78, 5) is 0. The van der Waals surface area contributed by atoms with Gasteiger partial charge in [-0.1, -0.05) is 73.3 Å². The fraction of sp³-hybridized carbons (Fsp3) is 0.304. The minimum absolute atomic E-state index is 0.618. The molecule has 0 bridgehead atoms. The van der Waals surface area contributed by atoms with E-state index in [2.05, 4.69) is 42.6 Å². The van der Waals surface area contributed by atoms with Crippen molar-refractivity contribution in [1.29, 1.82) is 0 Å². The number of unbranched alkanes of at least 4 members (excludes halogenated alkanes) is 1. The van der Waals surface area contributed by atoms with Crippen molar-refractivity contribution < 1.29 is 4.74 Å². The van der Waals surface area contributed by atoms with E-state index in [0.29, 0.717) is 6.42 Å². The van der Waals surface area contributed by atoms with Crippen LogP contribution in [-0.4, -0.2) is 23.1 Å². The normalized spacial score (nSPS) is 13.8. The monoisotopic (exact) mass is 391 g/mol. The van der Waals surface area contributed by atoms with Crippen molar-refractivity contribution in [2.45, 2.75) is 43.7 Å². The van der Waals surface area contributed by atoms with Crippen molar-refractivity contribution in [2.75, 3.05) is 0 Å². The van der Waals surface area contributed by atoms with Crippen molar-refractivity contribution >= 4 is 19.1 Å². The number of aromatic nitrogens is 3. The van der Waals surface area contributed by atoms with Gasteiger partial charge in [0.1, 0.15) is 19.3 Å². The van der Waals surface area contributed by atoms with E-state index < -0.39 is 13.4 Å². The molecule has 146 valence electrons. The van der Waals surface area contributed by atoms with E-state index in [1.807, 2.05) is 65.4 Å². The van der Waals surface area contributed by atoms with E-state index in [1.54, 1.807) is 0 Å². The zero-order chi connectivity index (χ0) is 20.0. The molecule has 0 aliphatic carbocycles. The fourth-order valence-corrected chi connectivity index (χ4v) is 7.08. The second kappa shape index (κ2) is 8.57. The number of hydrogen-bond acceptors (Lipinski definition) is 3. The van der Waals surface area contributed by atoms with Crippen molar-refractivity contribution in [3.8, 4) is 5.75 Å². The third kappa shape index (κ3) is 3.80. The number of nitrogens with zero attached hydrogens (tertiary/aromatic N) is 3. The molecule has 0 aliphatic heterocycles. The topological polar surface area (TPSA) is 39.9 Å². The molecule has 0 saturated carbocycles. The average molecular weight is 392 g/mol. The molecule has 0 N–H and O–H groups in total. The molecule has 28 heavy (non-hydrogen) atoms. The largest absolute Gasteiger partial charge is 0.470 e. The van der Waals surface area contributed by atoms with Gasteiger partial charge >= 0.3 is 0 Å². The summed E-state index contributed by atoms with van der Waals surface area (Å²) in [6.07, 6.45) is 6.70. The van der Waals surface area contributed by atoms with Crippen molar-refractivity contribution in [1.82, 2.24) is 15.0 Å². The zero-order valence-electron chi connectivity index (χ0n) is 16.8. The SMILES string of the molecule is C=CCCC[Si](C)(C)C(CC=C)(Oc1ccccc1)n1nnc2ccccc21. The van der Waals surface area contributed by atoms with E-state index in [4.69, 9.17) is 4.74 Å². The van der Waals surface area contributed by atoms with Gasteiger partial charge in [0.15, 0.2) is 5.35 Å². The number of benzene rings is 2. The zero-order valence-corrected chi connectivity index (χ0v) is 17.8. The van der Waals surface area contributed by atoms with Crippen LogP contribution in [0.25, 0.3) is 11.0 Å². The van der Waals surface area contributed by atoms with E-state index in [1.165, 1.54) is 0 Å². The van der Waals surface area contributed by atoms with Gasteiger partial charge in [0.2, 0.25) is 0 Å². The highest BCUT2D eigenvalue weighted by Crippen LogP contribution is 2.40. The van der Waals surface area contributed by atoms with Crippen LogP contribution in [0, 0.1) is 0 Å². The van der Waals surface area contributed by atoms with Crippen LogP contribution in [0.5, 0.6) is 5.75 Å². The predicted molar refractivity (Wildman–Crippen MR) is 119 cm³/mol. The number of hydrogen-bond donors (Lipinski definition) is 0. The minimum Gasteiger partial charge on any atom is -0.470 e. The molecule has 0 aliphatic rings. The van der Waals surface area contributed by atoms with Crippen molar-refractivity contribution in [3.05, 3.63) is 79.9 Å². The predicted octanol–water partition coefficient (Wildman–Crippen LogP) is 5.95. The first kappa shape index (κ1) is 20.1. The highest BCUT2D eigenvalue weighted by atomic mass is 28.3. The Bertz CT molecular complexity index is 935. The van der Waals surface area contributed by atoms with Gasteiger partial charge in [0.25, 0.3) is 0 Å². The van der Waals surface area contributed by atoms with Crippen LogP contribution in [-0.2, 0) is 5.35 Å². The van der Waals surface area contributed by atoms with Gasteiger partial charge in [-0.15, -0.1) is 18.3 Å². The van der Waals surface area contributed by atoms with Gasteiger partial charge in [0.05, 0.1) is 5.52 Å². The summed E-state index contributed by atoms with van der Waals surface area (Å²) in [5, 5.41) is 8.39. The molecular formula is C23H29N3OSi. The maximum absolute atomic E-state index is 6.82. The Hall–Kier alpha value is -2.66. The summed E-state index contributed by atoms with van der Waals surface area (Å²) >= 11 is 0. The number of rotatable bonds is 10. The molecule has 0 fully saturated rings. The van der Waals surface area contributed by atoms with Crippen LogP contribution in [0.1, 0.15) is 19.3 Å². The lowest BCUT2D eigenvalue weighted by Gasteiger charge is -2.45. The molecule has 0 spiro atoms. The van der Waals surface area contributed by atoms with Gasteiger partial charge in [-0.3, -0.25) is 0 Å². The molecule has 5 heteroatoms. The van der Waals surface area contributed by atoms with Gasteiger partial charge in [0, 0.05) is 6.42 Å². The quantitative estimate of drug-likeness (QED) is 0.243. The van der Waals surface area contributed by atoms with Crippen LogP contribution >= 0.6 is 0 Å². The maximum atomic E-state index is 6.82. The molecule has 1 unspecified atom stereocenters. The first-order chi connectivity index (χ1) is 13.5. The Morgan fingerprint density at radius 1 is 1.04 bits per heavy atom. The Labute approximate surface area is 168 Å². The lowest BCUT2D eigenvalue weighted by atomic mass is 10.3. The van der Waals surface area contributed by atoms with Crippen molar-refractivity contribution in [2.24, 2.45) is 0 Å². The second-order valence-electron chi connectivity index (χ2n) is 7.75. The first-order valence-electron chi connectivity index (χ1n) is 9.81. The second-order valence-corrected chi connectivity index (χ2v) is 12.8. The summed E-state index contributed by atoms with van der Waals surface area (Å²) in [5.74, 6) is 0.841. The van der Waals surface area contributed by atoms with Crippen LogP contribution in [0.3, 0.4) is 0 Å². The molecule has 1 atom stereocenters. The number of allylic oxidation sites excluding steroid dienone is 1. The van der Waals surface area contributed by atoms with Crippen LogP contribution in [0.15, 0.2) is 79.9 Å². The first-order valence-corrected chi connectivity index (χ1v) is 13.0. The summed E-state index contributed by atoms with van der Waals surface area (Å²) < 4.78 is 8.83. The molecule has 2 aromatic carbocycles. The van der Waals surface area contributed by atoms with Crippen LogP contribution < -0.4 is 4.74 Å². The third-order valence-electron chi connectivity index (χ3n) is 5.41. The molecule has 3 aromatic rings. The molecule has 0 saturated heterocycles. The lowest BCUT2D eigenvalue weighted by molar-refractivity contribution is 0.0588. The van der Waals surface area contributed by atoms with Crippen LogP contribution in [0.4, 0.5) is 0 Å². The van der Waals surface area contributed by atoms with Gasteiger partial charge in [-0.25, -0.2) is 4.68 Å². The fourth-order valence-electron chi connectivity index (χ4n) is 3.77. The minimum atomic E-state index is -2.03. The van der Waals surface area contributed by atoms with Gasteiger partial charge in [-0.2, -0.15) is 0 Å². The Balaban J connectivity index is 2.17. The summed E-state index contributed by atoms with van der Waals surface area (Å²) in [5.41, 5.74) is 1.87. The lowest BCUT2D eigenvalue weighted by Crippen LogP contribution is -2.60. The standard InChI is InChI=1S/C23H29N3OSi/c1-5-7-13-19-28(3,4)23(18-6-2,27-20-14-9-8-10-15-20)26-22-17-12-11-16-21(22)24-25-26/h5-6,8-12,14-17H,1-2,7,13,18-19H2,3-4H3. The molecule has 1 aromatic heterocycles. The average Bonchev–Trinajstić information content (AvgIpc) is 3.13. The molecule has 3 rings (SSSR count). The van der Waals surface area contributed by atoms with E-state index in [9.17, 15) is 0 Å². The Morgan fingerprint density at radius 3 is 2.46 bits per heavy atom. The van der Waals surface area contributed by atoms with Crippen LogP contribution in [0.2, 0.25) is 19.1 Å². The van der Waals surface area contributed by atoms with Crippen molar-refractivity contribution in [3.63, 3.8) is 0 Å². The summed E-state index contributed by atoms with van der Waals surface area (Å²) in [6, 6.07) is 19.2. The number of para-hydroxylation sites is 2. The maximum Gasteiger partial charge on any atom is 0.188 e. The molecule has 0 radical (unpaired) electrons. The summed E-state index contributed by atoms with van der Waals surface area (Å²) in [6.45, 7) is 12.7. The Kier molecular flexibility index (Phi) is 6.14. The smallest absolute Gasteiger partial charge is 0.188 e. The molecule has 1 heterocycles. The van der Waals surface area contributed by atoms with Gasteiger partial charge in [-0.05, 0) is 30.7 Å². The number of ether oxygens (including phenoxy) is 1. The highest BCUT2D eigenvalue weighted by Gasteiger charge is 2.51. The summed E-state index contributed by atoms with van der Waals surface area (Å²) in [7, 11) is -2.03. The Morgan fingerprint density at radius 2 is 1.75 bits per heavy atom. The third-order valence-corrected chi connectivity index (χ3v) is 9.65. The van der Waals surface area contributed by atoms with E-state index in [0.717, 1.165) is 35.7 Å². The molecular weight excluding hydrogens is 362 g/mol. The number of fused-ring (bicyclic) bond motifs is 1. The van der Waals surface area contributed by atoms with E-state index in [-0.39, 0.29) is 0 Å². The van der Waals surface area contributed by atoms with Gasteiger partial charge < -0.3 is 4.74 Å². The highest BCUT2D eigenvalue weighted by molar-refractivity contribution is 6.79. The molecule has 4 nitrogen and oxygen atoms in total.